The maximum absolute atomic E-state index is 11.3. The minimum atomic E-state index is -1.08. The zero-order valence-corrected chi connectivity index (χ0v) is 7.56. The number of carboxylic acids is 1. The zero-order valence-electron chi connectivity index (χ0n) is 7.56. The highest BCUT2D eigenvalue weighted by Gasteiger charge is 2.36. The van der Waals surface area contributed by atoms with Crippen molar-refractivity contribution in [2.45, 2.75) is 6.42 Å². The summed E-state index contributed by atoms with van der Waals surface area (Å²) in [5, 5.41) is 11.3. The molecule has 76 valence electrons. The van der Waals surface area contributed by atoms with Crippen molar-refractivity contribution in [1.29, 1.82) is 0 Å². The van der Waals surface area contributed by atoms with Crippen molar-refractivity contribution in [3.05, 3.63) is 0 Å². The van der Waals surface area contributed by atoms with Crippen molar-refractivity contribution in [2.75, 3.05) is 19.6 Å². The number of guanidine groups is 1. The van der Waals surface area contributed by atoms with E-state index in [-0.39, 0.29) is 6.54 Å². The molecule has 0 radical (unpaired) electrons. The second-order valence-corrected chi connectivity index (χ2v) is 3.38. The molecule has 1 unspecified atom stereocenters. The Kier molecular flexibility index (Phi) is 2.11. The lowest BCUT2D eigenvalue weighted by Gasteiger charge is -2.35. The summed E-state index contributed by atoms with van der Waals surface area (Å²) in [7, 11) is 0. The molecule has 2 rings (SSSR count). The quantitative estimate of drug-likeness (QED) is 0.521. The molecule has 1 fully saturated rings. The van der Waals surface area contributed by atoms with Gasteiger partial charge in [-0.1, -0.05) is 0 Å². The zero-order chi connectivity index (χ0) is 10.1. The number of fused-ring (bicyclic) bond motifs is 1. The molecule has 0 spiro atoms. The highest BCUT2D eigenvalue weighted by molar-refractivity contribution is 6.08. The van der Waals surface area contributed by atoms with Crippen molar-refractivity contribution >= 4 is 17.8 Å². The molecule has 0 aromatic heterocycles. The predicted octanol–water partition coefficient (Wildman–Crippen LogP) is -1.12. The molecule has 0 saturated carbocycles. The van der Waals surface area contributed by atoms with Gasteiger partial charge in [-0.25, -0.2) is 0 Å². The number of carboxylic acid groups (broad SMARTS) is 1. The fourth-order valence-electron chi connectivity index (χ4n) is 1.64. The number of hydrogen-bond acceptors (Lipinski definition) is 4. The fraction of sp³-hybridized carbons (Fsp3) is 0.625. The summed E-state index contributed by atoms with van der Waals surface area (Å²) in [6, 6.07) is 0. The van der Waals surface area contributed by atoms with E-state index in [4.69, 9.17) is 5.11 Å². The van der Waals surface area contributed by atoms with Crippen LogP contribution in [-0.2, 0) is 9.59 Å². The van der Waals surface area contributed by atoms with Crippen molar-refractivity contribution in [3.8, 4) is 0 Å². The Labute approximate surface area is 80.6 Å². The van der Waals surface area contributed by atoms with Gasteiger partial charge in [-0.05, 0) is 6.42 Å². The maximum atomic E-state index is 11.3. The molecule has 2 N–H and O–H groups in total. The van der Waals surface area contributed by atoms with Crippen LogP contribution in [-0.4, -0.2) is 47.5 Å². The average molecular weight is 197 g/mol. The third kappa shape index (κ3) is 1.43. The van der Waals surface area contributed by atoms with Crippen LogP contribution in [0.15, 0.2) is 4.99 Å². The third-order valence-corrected chi connectivity index (χ3v) is 2.40. The Morgan fingerprint density at radius 1 is 1.64 bits per heavy atom. The first-order chi connectivity index (χ1) is 6.68. The Morgan fingerprint density at radius 2 is 2.43 bits per heavy atom. The van der Waals surface area contributed by atoms with Gasteiger partial charge >= 0.3 is 5.97 Å². The van der Waals surface area contributed by atoms with E-state index in [0.717, 1.165) is 13.0 Å². The Balaban J connectivity index is 2.16. The molecule has 0 bridgehead atoms. The van der Waals surface area contributed by atoms with E-state index >= 15 is 0 Å². The van der Waals surface area contributed by atoms with E-state index in [1.54, 1.807) is 0 Å². The summed E-state index contributed by atoms with van der Waals surface area (Å²) < 4.78 is 0. The van der Waals surface area contributed by atoms with Crippen LogP contribution in [0.25, 0.3) is 0 Å². The number of rotatable bonds is 1. The smallest absolute Gasteiger partial charge is 0.317 e. The predicted molar refractivity (Wildman–Crippen MR) is 47.8 cm³/mol. The number of amides is 1. The second-order valence-electron chi connectivity index (χ2n) is 3.38. The molecule has 2 aliphatic rings. The standard InChI is InChI=1S/C8H11N3O3/c12-6-5(7(13)14)4-11-3-1-2-9-8(11)10-6/h5H,1-4H2,(H,13,14)(H,9,10,12). The highest BCUT2D eigenvalue weighted by atomic mass is 16.4. The van der Waals surface area contributed by atoms with Crippen LogP contribution in [0.2, 0.25) is 0 Å². The van der Waals surface area contributed by atoms with Crippen LogP contribution in [0, 0.1) is 5.92 Å². The Morgan fingerprint density at radius 3 is 3.14 bits per heavy atom. The molecular weight excluding hydrogens is 186 g/mol. The van der Waals surface area contributed by atoms with E-state index in [1.165, 1.54) is 0 Å². The molecule has 6 nitrogen and oxygen atoms in total. The van der Waals surface area contributed by atoms with Gasteiger partial charge in [0.2, 0.25) is 11.9 Å². The highest BCUT2D eigenvalue weighted by Crippen LogP contribution is 2.12. The summed E-state index contributed by atoms with van der Waals surface area (Å²) in [6.07, 6.45) is 0.908. The lowest BCUT2D eigenvalue weighted by molar-refractivity contribution is -0.147. The van der Waals surface area contributed by atoms with E-state index in [9.17, 15) is 9.59 Å². The molecule has 0 aromatic rings. The van der Waals surface area contributed by atoms with Crippen molar-refractivity contribution in [3.63, 3.8) is 0 Å². The number of nitrogens with one attached hydrogen (secondary N) is 1. The SMILES string of the molecule is O=C(O)C1CN2CCCN=C2NC1=O. The van der Waals surface area contributed by atoms with Crippen molar-refractivity contribution in [2.24, 2.45) is 10.9 Å². The van der Waals surface area contributed by atoms with Gasteiger partial charge in [0.1, 0.15) is 0 Å². The van der Waals surface area contributed by atoms with E-state index in [2.05, 4.69) is 10.3 Å². The molecule has 1 amide bonds. The van der Waals surface area contributed by atoms with Gasteiger partial charge in [0.05, 0.1) is 0 Å². The monoisotopic (exact) mass is 197 g/mol. The number of aliphatic carboxylic acids is 1. The molecule has 14 heavy (non-hydrogen) atoms. The van der Waals surface area contributed by atoms with Gasteiger partial charge in [0.15, 0.2) is 5.92 Å². The van der Waals surface area contributed by atoms with Crippen LogP contribution in [0.1, 0.15) is 6.42 Å². The topological polar surface area (TPSA) is 82.0 Å². The minimum absolute atomic E-state index is 0.236. The average Bonchev–Trinajstić information content (AvgIpc) is 2.16. The van der Waals surface area contributed by atoms with E-state index in [0.29, 0.717) is 12.5 Å². The van der Waals surface area contributed by atoms with Crippen LogP contribution >= 0.6 is 0 Å². The number of hydrogen-bond donors (Lipinski definition) is 2. The number of carbonyl (C=O) groups excluding carboxylic acids is 1. The first-order valence-corrected chi connectivity index (χ1v) is 4.51. The number of nitrogens with zero attached hydrogens (tertiary/aromatic N) is 2. The van der Waals surface area contributed by atoms with Crippen molar-refractivity contribution in [1.82, 2.24) is 10.2 Å². The maximum Gasteiger partial charge on any atom is 0.317 e. The van der Waals surface area contributed by atoms with Crippen molar-refractivity contribution < 1.29 is 14.7 Å². The molecule has 1 atom stereocenters. The molecule has 0 aliphatic carbocycles. The second kappa shape index (κ2) is 3.28. The summed E-state index contributed by atoms with van der Waals surface area (Å²) in [5.74, 6) is -1.98. The van der Waals surface area contributed by atoms with Gasteiger partial charge in [-0.3, -0.25) is 19.9 Å². The molecule has 6 heteroatoms. The van der Waals surface area contributed by atoms with E-state index in [1.807, 2.05) is 4.90 Å². The van der Waals surface area contributed by atoms with Crippen LogP contribution in [0.3, 0.4) is 0 Å². The first kappa shape index (κ1) is 8.98. The summed E-state index contributed by atoms with van der Waals surface area (Å²) in [4.78, 5) is 27.9. The third-order valence-electron chi connectivity index (χ3n) is 2.40. The molecule has 2 heterocycles. The summed E-state index contributed by atoms with van der Waals surface area (Å²) in [6.45, 7) is 1.70. The molecule has 0 aromatic carbocycles. The van der Waals surface area contributed by atoms with Crippen LogP contribution in [0.4, 0.5) is 0 Å². The molecule has 1 saturated heterocycles. The van der Waals surface area contributed by atoms with Gasteiger partial charge < -0.3 is 10.0 Å². The first-order valence-electron chi connectivity index (χ1n) is 4.51. The normalized spacial score (nSPS) is 26.3. The van der Waals surface area contributed by atoms with E-state index < -0.39 is 17.8 Å². The largest absolute Gasteiger partial charge is 0.481 e. The van der Waals surface area contributed by atoms with Gasteiger partial charge in [-0.2, -0.15) is 0 Å². The lowest BCUT2D eigenvalue weighted by atomic mass is 10.1. The summed E-state index contributed by atoms with van der Waals surface area (Å²) >= 11 is 0. The lowest BCUT2D eigenvalue weighted by Crippen LogP contribution is -2.58. The molecular formula is C8H11N3O3. The minimum Gasteiger partial charge on any atom is -0.481 e. The van der Waals surface area contributed by atoms with Gasteiger partial charge in [0, 0.05) is 19.6 Å². The van der Waals surface area contributed by atoms with Gasteiger partial charge in [-0.15, -0.1) is 0 Å². The van der Waals surface area contributed by atoms with Crippen LogP contribution < -0.4 is 5.32 Å². The Bertz CT molecular complexity index is 313. The number of aliphatic imine (C=N–C) groups is 1. The Hall–Kier alpha value is -1.59. The molecule has 2 aliphatic heterocycles. The summed E-state index contributed by atoms with van der Waals surface area (Å²) in [5.41, 5.74) is 0. The van der Waals surface area contributed by atoms with Gasteiger partial charge in [0.25, 0.3) is 0 Å². The van der Waals surface area contributed by atoms with Crippen LogP contribution in [0.5, 0.6) is 0 Å². The fourth-order valence-corrected chi connectivity index (χ4v) is 1.64. The number of carbonyl (C=O) groups is 2.